The van der Waals surface area contributed by atoms with Crippen LogP contribution in [0.3, 0.4) is 0 Å². The highest BCUT2D eigenvalue weighted by atomic mass is 32.1. The quantitative estimate of drug-likeness (QED) is 0.899. The van der Waals surface area contributed by atoms with Gasteiger partial charge in [-0.25, -0.2) is 0 Å². The van der Waals surface area contributed by atoms with Crippen LogP contribution in [-0.2, 0) is 0 Å². The van der Waals surface area contributed by atoms with E-state index in [0.717, 1.165) is 11.3 Å². The van der Waals surface area contributed by atoms with Crippen molar-refractivity contribution in [3.8, 4) is 16.3 Å². The highest BCUT2D eigenvalue weighted by molar-refractivity contribution is 7.18. The number of benzene rings is 1. The van der Waals surface area contributed by atoms with E-state index in [1.807, 2.05) is 0 Å². The van der Waals surface area contributed by atoms with Crippen LogP contribution < -0.4 is 10.5 Å². The monoisotopic (exact) mass is 243 g/mol. The van der Waals surface area contributed by atoms with Gasteiger partial charge in [-0.1, -0.05) is 23.5 Å². The minimum atomic E-state index is -2.87. The van der Waals surface area contributed by atoms with Gasteiger partial charge in [0, 0.05) is 0 Å². The summed E-state index contributed by atoms with van der Waals surface area (Å²) in [6.07, 6.45) is 0. The molecule has 0 atom stereocenters. The van der Waals surface area contributed by atoms with Gasteiger partial charge >= 0.3 is 6.61 Å². The van der Waals surface area contributed by atoms with Crippen LogP contribution in [0.4, 0.5) is 13.9 Å². The number of hydrogen-bond acceptors (Lipinski definition) is 5. The van der Waals surface area contributed by atoms with E-state index in [2.05, 4.69) is 14.9 Å². The van der Waals surface area contributed by atoms with Crippen LogP contribution in [0.25, 0.3) is 10.6 Å². The maximum Gasteiger partial charge on any atom is 0.387 e. The van der Waals surface area contributed by atoms with Crippen molar-refractivity contribution in [1.82, 2.24) is 10.2 Å². The Morgan fingerprint density at radius 1 is 1.25 bits per heavy atom. The van der Waals surface area contributed by atoms with E-state index in [9.17, 15) is 8.78 Å². The second-order valence-corrected chi connectivity index (χ2v) is 3.83. The number of anilines is 1. The lowest BCUT2D eigenvalue weighted by Gasteiger charge is -2.07. The summed E-state index contributed by atoms with van der Waals surface area (Å²) in [5.74, 6) is 0.0636. The third-order valence-electron chi connectivity index (χ3n) is 1.77. The molecule has 0 saturated carbocycles. The first-order chi connectivity index (χ1) is 7.66. The molecule has 0 radical (unpaired) electrons. The molecule has 0 bridgehead atoms. The number of ether oxygens (including phenoxy) is 1. The normalized spacial score (nSPS) is 10.7. The van der Waals surface area contributed by atoms with E-state index in [0.29, 0.717) is 10.6 Å². The molecule has 1 heterocycles. The van der Waals surface area contributed by atoms with Gasteiger partial charge in [0.2, 0.25) is 5.13 Å². The van der Waals surface area contributed by atoms with E-state index in [-0.39, 0.29) is 10.9 Å². The van der Waals surface area contributed by atoms with E-state index < -0.39 is 6.61 Å². The van der Waals surface area contributed by atoms with Gasteiger partial charge in [-0.05, 0) is 12.1 Å². The number of para-hydroxylation sites is 1. The fourth-order valence-electron chi connectivity index (χ4n) is 1.19. The summed E-state index contributed by atoms with van der Waals surface area (Å²) in [5, 5.41) is 8.12. The highest BCUT2D eigenvalue weighted by Gasteiger charge is 2.13. The van der Waals surface area contributed by atoms with Crippen LogP contribution in [0.1, 0.15) is 0 Å². The molecule has 0 aliphatic rings. The van der Waals surface area contributed by atoms with Gasteiger partial charge < -0.3 is 10.5 Å². The van der Waals surface area contributed by atoms with Crippen LogP contribution in [-0.4, -0.2) is 16.8 Å². The number of alkyl halides is 2. The van der Waals surface area contributed by atoms with Gasteiger partial charge in [0.15, 0.2) is 5.01 Å². The SMILES string of the molecule is Nc1nnc(-c2ccccc2OC(F)F)s1. The maximum absolute atomic E-state index is 12.1. The summed E-state index contributed by atoms with van der Waals surface area (Å²) in [6, 6.07) is 6.37. The number of nitrogen functional groups attached to an aromatic ring is 1. The number of rotatable bonds is 3. The largest absolute Gasteiger partial charge is 0.434 e. The van der Waals surface area contributed by atoms with E-state index in [4.69, 9.17) is 5.73 Å². The summed E-state index contributed by atoms with van der Waals surface area (Å²) in [7, 11) is 0. The number of halogens is 2. The minimum absolute atomic E-state index is 0.0636. The summed E-state index contributed by atoms with van der Waals surface area (Å²) in [6.45, 7) is -2.87. The first kappa shape index (κ1) is 10.7. The molecule has 1 aromatic heterocycles. The Morgan fingerprint density at radius 2 is 2.00 bits per heavy atom. The van der Waals surface area contributed by atoms with Gasteiger partial charge in [0.1, 0.15) is 5.75 Å². The van der Waals surface area contributed by atoms with Gasteiger partial charge in [-0.2, -0.15) is 8.78 Å². The van der Waals surface area contributed by atoms with Gasteiger partial charge in [-0.15, -0.1) is 10.2 Å². The first-order valence-electron chi connectivity index (χ1n) is 4.30. The smallest absolute Gasteiger partial charge is 0.387 e. The topological polar surface area (TPSA) is 61.0 Å². The van der Waals surface area contributed by atoms with Crippen LogP contribution >= 0.6 is 11.3 Å². The molecule has 7 heteroatoms. The van der Waals surface area contributed by atoms with Crippen molar-refractivity contribution >= 4 is 16.5 Å². The zero-order valence-electron chi connectivity index (χ0n) is 7.93. The molecule has 0 spiro atoms. The standard InChI is InChI=1S/C9H7F2N3OS/c10-8(11)15-6-4-2-1-3-5(6)7-13-14-9(12)16-7/h1-4,8H,(H2,12,14). The summed E-state index contributed by atoms with van der Waals surface area (Å²) >= 11 is 1.11. The number of nitrogens with zero attached hydrogens (tertiary/aromatic N) is 2. The second-order valence-electron chi connectivity index (χ2n) is 2.82. The number of aromatic nitrogens is 2. The molecule has 0 aliphatic carbocycles. The van der Waals surface area contributed by atoms with Crippen LogP contribution in [0.2, 0.25) is 0 Å². The fourth-order valence-corrected chi connectivity index (χ4v) is 1.83. The first-order valence-corrected chi connectivity index (χ1v) is 5.11. The molecule has 2 N–H and O–H groups in total. The Balaban J connectivity index is 2.40. The number of hydrogen-bond donors (Lipinski definition) is 1. The molecule has 0 unspecified atom stereocenters. The fraction of sp³-hybridized carbons (Fsp3) is 0.111. The van der Waals surface area contributed by atoms with Crippen molar-refractivity contribution in [3.05, 3.63) is 24.3 Å². The molecule has 84 valence electrons. The predicted molar refractivity (Wildman–Crippen MR) is 56.4 cm³/mol. The third kappa shape index (κ3) is 2.25. The average molecular weight is 243 g/mol. The lowest BCUT2D eigenvalue weighted by atomic mass is 10.2. The molecule has 0 fully saturated rings. The summed E-state index contributed by atoms with van der Waals surface area (Å²) < 4.78 is 28.7. The van der Waals surface area contributed by atoms with Crippen LogP contribution in [0.15, 0.2) is 24.3 Å². The Labute approximate surface area is 93.7 Å². The molecule has 0 amide bonds. The second kappa shape index (κ2) is 4.40. The summed E-state index contributed by atoms with van der Waals surface area (Å²) in [4.78, 5) is 0. The molecule has 16 heavy (non-hydrogen) atoms. The van der Waals surface area contributed by atoms with Gasteiger partial charge in [0.05, 0.1) is 5.56 Å². The van der Waals surface area contributed by atoms with Crippen molar-refractivity contribution in [2.45, 2.75) is 6.61 Å². The molecular formula is C9H7F2N3OS. The average Bonchev–Trinajstić information content (AvgIpc) is 2.65. The molecule has 2 aromatic rings. The van der Waals surface area contributed by atoms with Crippen molar-refractivity contribution < 1.29 is 13.5 Å². The zero-order valence-corrected chi connectivity index (χ0v) is 8.75. The minimum Gasteiger partial charge on any atom is -0.434 e. The van der Waals surface area contributed by atoms with Gasteiger partial charge in [0.25, 0.3) is 0 Å². The maximum atomic E-state index is 12.1. The highest BCUT2D eigenvalue weighted by Crippen LogP contribution is 2.33. The predicted octanol–water partition coefficient (Wildman–Crippen LogP) is 2.39. The third-order valence-corrected chi connectivity index (χ3v) is 2.56. The molecule has 1 aromatic carbocycles. The van der Waals surface area contributed by atoms with Crippen molar-refractivity contribution in [1.29, 1.82) is 0 Å². The van der Waals surface area contributed by atoms with E-state index in [1.54, 1.807) is 18.2 Å². The molecule has 0 saturated heterocycles. The zero-order chi connectivity index (χ0) is 11.5. The Morgan fingerprint density at radius 3 is 2.62 bits per heavy atom. The van der Waals surface area contributed by atoms with Crippen molar-refractivity contribution in [2.24, 2.45) is 0 Å². The molecule has 0 aliphatic heterocycles. The Hall–Kier alpha value is -1.76. The van der Waals surface area contributed by atoms with E-state index >= 15 is 0 Å². The van der Waals surface area contributed by atoms with E-state index in [1.165, 1.54) is 6.07 Å². The van der Waals surface area contributed by atoms with Gasteiger partial charge in [-0.3, -0.25) is 0 Å². The van der Waals surface area contributed by atoms with Crippen molar-refractivity contribution in [3.63, 3.8) is 0 Å². The van der Waals surface area contributed by atoms with Crippen LogP contribution in [0, 0.1) is 0 Å². The molecule has 2 rings (SSSR count). The lowest BCUT2D eigenvalue weighted by Crippen LogP contribution is -2.02. The number of nitrogens with two attached hydrogens (primary N) is 1. The Bertz CT molecular complexity index is 489. The Kier molecular flexibility index (Phi) is 2.95. The lowest BCUT2D eigenvalue weighted by molar-refractivity contribution is -0.0494. The van der Waals surface area contributed by atoms with Crippen molar-refractivity contribution in [2.75, 3.05) is 5.73 Å². The molecular weight excluding hydrogens is 236 g/mol. The summed E-state index contributed by atoms with van der Waals surface area (Å²) in [5.41, 5.74) is 5.88. The molecule has 4 nitrogen and oxygen atoms in total. The van der Waals surface area contributed by atoms with Crippen LogP contribution in [0.5, 0.6) is 5.75 Å².